The van der Waals surface area contributed by atoms with Crippen LogP contribution in [0.25, 0.3) is 0 Å². The number of amides is 1. The van der Waals surface area contributed by atoms with Gasteiger partial charge in [-0.05, 0) is 48.2 Å². The van der Waals surface area contributed by atoms with E-state index < -0.39 is 18.0 Å². The van der Waals surface area contributed by atoms with Gasteiger partial charge in [-0.2, -0.15) is 0 Å². The summed E-state index contributed by atoms with van der Waals surface area (Å²) in [6, 6.07) is 13.1. The number of esters is 1. The zero-order chi connectivity index (χ0) is 18.4. The molecule has 25 heavy (non-hydrogen) atoms. The normalized spacial score (nSPS) is 11.9. The Kier molecular flexibility index (Phi) is 6.28. The molecular weight excluding hydrogens is 321 g/mol. The van der Waals surface area contributed by atoms with Crippen molar-refractivity contribution in [3.05, 3.63) is 65.5 Å². The summed E-state index contributed by atoms with van der Waals surface area (Å²) in [6.07, 6.45) is -0.932. The van der Waals surface area contributed by atoms with Gasteiger partial charge in [0.05, 0.1) is 6.42 Å². The van der Waals surface area contributed by atoms with E-state index in [1.807, 2.05) is 24.3 Å². The molecule has 1 amide bonds. The highest BCUT2D eigenvalue weighted by molar-refractivity contribution is 5.95. The Morgan fingerprint density at radius 3 is 2.16 bits per heavy atom. The van der Waals surface area contributed by atoms with Crippen LogP contribution in [0.5, 0.6) is 0 Å². The second-order valence-electron chi connectivity index (χ2n) is 6.20. The molecule has 0 unspecified atom stereocenters. The van der Waals surface area contributed by atoms with Gasteiger partial charge in [0.15, 0.2) is 6.10 Å². The Bertz CT molecular complexity index is 724. The molecule has 0 saturated heterocycles. The highest BCUT2D eigenvalue weighted by Crippen LogP contribution is 2.17. The molecular formula is C20H22FNO3. The van der Waals surface area contributed by atoms with Crippen molar-refractivity contribution in [2.24, 2.45) is 0 Å². The standard InChI is InChI=1S/C20H22FNO3/c1-13(2)16-6-10-18(11-7-16)22-20(24)14(3)25-19(23)12-15-4-8-17(21)9-5-15/h4-11,13-14H,12H2,1-3H3,(H,22,24)/t14-/m0/s1. The van der Waals surface area contributed by atoms with E-state index in [2.05, 4.69) is 19.2 Å². The van der Waals surface area contributed by atoms with Crippen molar-refractivity contribution in [1.82, 2.24) is 0 Å². The zero-order valence-electron chi connectivity index (χ0n) is 14.6. The van der Waals surface area contributed by atoms with Crippen molar-refractivity contribution in [3.8, 4) is 0 Å². The molecule has 132 valence electrons. The SMILES string of the molecule is CC(C)c1ccc(NC(=O)[C@H](C)OC(=O)Cc2ccc(F)cc2)cc1. The minimum atomic E-state index is -0.919. The predicted octanol–water partition coefficient (Wildman–Crippen LogP) is 4.06. The van der Waals surface area contributed by atoms with Gasteiger partial charge in [0.2, 0.25) is 0 Å². The summed E-state index contributed by atoms with van der Waals surface area (Å²) < 4.78 is 18.0. The summed E-state index contributed by atoms with van der Waals surface area (Å²) in [5.41, 5.74) is 2.45. The fraction of sp³-hybridized carbons (Fsp3) is 0.300. The smallest absolute Gasteiger partial charge is 0.311 e. The van der Waals surface area contributed by atoms with Gasteiger partial charge in [0, 0.05) is 5.69 Å². The van der Waals surface area contributed by atoms with Crippen molar-refractivity contribution >= 4 is 17.6 Å². The lowest BCUT2D eigenvalue weighted by atomic mass is 10.0. The lowest BCUT2D eigenvalue weighted by Crippen LogP contribution is -2.30. The number of hydrogen-bond donors (Lipinski definition) is 1. The van der Waals surface area contributed by atoms with Crippen molar-refractivity contribution in [1.29, 1.82) is 0 Å². The van der Waals surface area contributed by atoms with E-state index in [0.717, 1.165) is 0 Å². The number of carbonyl (C=O) groups excluding carboxylic acids is 2. The molecule has 1 atom stereocenters. The molecule has 0 fully saturated rings. The van der Waals surface area contributed by atoms with Gasteiger partial charge in [-0.3, -0.25) is 9.59 Å². The van der Waals surface area contributed by atoms with E-state index in [1.165, 1.54) is 36.8 Å². The minimum Gasteiger partial charge on any atom is -0.452 e. The predicted molar refractivity (Wildman–Crippen MR) is 94.8 cm³/mol. The van der Waals surface area contributed by atoms with Crippen LogP contribution < -0.4 is 5.32 Å². The van der Waals surface area contributed by atoms with E-state index in [-0.39, 0.29) is 12.2 Å². The van der Waals surface area contributed by atoms with Gasteiger partial charge < -0.3 is 10.1 Å². The average molecular weight is 343 g/mol. The number of nitrogens with one attached hydrogen (secondary N) is 1. The van der Waals surface area contributed by atoms with Crippen molar-refractivity contribution in [2.75, 3.05) is 5.32 Å². The largest absolute Gasteiger partial charge is 0.452 e. The molecule has 0 aliphatic heterocycles. The summed E-state index contributed by atoms with van der Waals surface area (Å²) in [5, 5.41) is 2.72. The Hall–Kier alpha value is -2.69. The molecule has 0 aliphatic carbocycles. The number of anilines is 1. The fourth-order valence-corrected chi connectivity index (χ4v) is 2.26. The lowest BCUT2D eigenvalue weighted by molar-refractivity contribution is -0.152. The van der Waals surface area contributed by atoms with Crippen LogP contribution in [0, 0.1) is 5.82 Å². The molecule has 2 rings (SSSR count). The average Bonchev–Trinajstić information content (AvgIpc) is 2.57. The van der Waals surface area contributed by atoms with Crippen molar-refractivity contribution in [3.63, 3.8) is 0 Å². The van der Waals surface area contributed by atoms with Gasteiger partial charge in [-0.25, -0.2) is 4.39 Å². The van der Waals surface area contributed by atoms with Crippen LogP contribution in [0.3, 0.4) is 0 Å². The maximum atomic E-state index is 12.8. The van der Waals surface area contributed by atoms with Crippen molar-refractivity contribution in [2.45, 2.75) is 39.2 Å². The number of rotatable bonds is 6. The van der Waals surface area contributed by atoms with Gasteiger partial charge in [0.25, 0.3) is 5.91 Å². The Morgan fingerprint density at radius 1 is 1.00 bits per heavy atom. The molecule has 1 N–H and O–H groups in total. The van der Waals surface area contributed by atoms with Crippen LogP contribution >= 0.6 is 0 Å². The van der Waals surface area contributed by atoms with Crippen LogP contribution in [-0.4, -0.2) is 18.0 Å². The molecule has 5 heteroatoms. The molecule has 0 radical (unpaired) electrons. The zero-order valence-corrected chi connectivity index (χ0v) is 14.6. The third-order valence-electron chi connectivity index (χ3n) is 3.78. The van der Waals surface area contributed by atoms with E-state index in [4.69, 9.17) is 4.74 Å². The summed E-state index contributed by atoms with van der Waals surface area (Å²) in [6.45, 7) is 5.70. The van der Waals surface area contributed by atoms with Gasteiger partial charge in [-0.1, -0.05) is 38.1 Å². The van der Waals surface area contributed by atoms with Gasteiger partial charge >= 0.3 is 5.97 Å². The summed E-state index contributed by atoms with van der Waals surface area (Å²) >= 11 is 0. The Balaban J connectivity index is 1.86. The first-order valence-electron chi connectivity index (χ1n) is 8.20. The molecule has 0 aromatic heterocycles. The van der Waals surface area contributed by atoms with Crippen molar-refractivity contribution < 1.29 is 18.7 Å². The summed E-state index contributed by atoms with van der Waals surface area (Å²) in [7, 11) is 0. The molecule has 0 bridgehead atoms. The third-order valence-corrected chi connectivity index (χ3v) is 3.78. The van der Waals surface area contributed by atoms with Crippen LogP contribution in [0.4, 0.5) is 10.1 Å². The van der Waals surface area contributed by atoms with E-state index in [1.54, 1.807) is 0 Å². The van der Waals surface area contributed by atoms with E-state index in [0.29, 0.717) is 17.2 Å². The highest BCUT2D eigenvalue weighted by Gasteiger charge is 2.18. The van der Waals surface area contributed by atoms with Crippen LogP contribution in [-0.2, 0) is 20.7 Å². The van der Waals surface area contributed by atoms with Crippen LogP contribution in [0.2, 0.25) is 0 Å². The number of halogens is 1. The van der Waals surface area contributed by atoms with Gasteiger partial charge in [-0.15, -0.1) is 0 Å². The van der Waals surface area contributed by atoms with E-state index >= 15 is 0 Å². The van der Waals surface area contributed by atoms with Crippen LogP contribution in [0.1, 0.15) is 37.8 Å². The number of benzene rings is 2. The van der Waals surface area contributed by atoms with E-state index in [9.17, 15) is 14.0 Å². The minimum absolute atomic E-state index is 0.0129. The third kappa shape index (κ3) is 5.71. The number of hydrogen-bond acceptors (Lipinski definition) is 3. The topological polar surface area (TPSA) is 55.4 Å². The Morgan fingerprint density at radius 2 is 1.60 bits per heavy atom. The first-order chi connectivity index (χ1) is 11.8. The molecule has 0 aliphatic rings. The summed E-state index contributed by atoms with van der Waals surface area (Å²) in [4.78, 5) is 24.0. The first kappa shape index (κ1) is 18.6. The monoisotopic (exact) mass is 343 g/mol. The highest BCUT2D eigenvalue weighted by atomic mass is 19.1. The molecule has 0 heterocycles. The second kappa shape index (κ2) is 8.42. The Labute approximate surface area is 147 Å². The van der Waals surface area contributed by atoms with Gasteiger partial charge in [0.1, 0.15) is 5.82 Å². The molecule has 0 saturated carbocycles. The molecule has 2 aromatic carbocycles. The molecule has 0 spiro atoms. The summed E-state index contributed by atoms with van der Waals surface area (Å²) in [5.74, 6) is -0.890. The lowest BCUT2D eigenvalue weighted by Gasteiger charge is -2.14. The quantitative estimate of drug-likeness (QED) is 0.805. The number of ether oxygens (including phenoxy) is 1. The maximum absolute atomic E-state index is 12.8. The first-order valence-corrected chi connectivity index (χ1v) is 8.20. The molecule has 2 aromatic rings. The van der Waals surface area contributed by atoms with Crippen LogP contribution in [0.15, 0.2) is 48.5 Å². The second-order valence-corrected chi connectivity index (χ2v) is 6.20. The molecule has 4 nitrogen and oxygen atoms in total. The maximum Gasteiger partial charge on any atom is 0.311 e. The fourth-order valence-electron chi connectivity index (χ4n) is 2.26. The number of carbonyl (C=O) groups is 2.